The zero-order valence-electron chi connectivity index (χ0n) is 18.4. The van der Waals surface area contributed by atoms with Gasteiger partial charge >= 0.3 is 12.1 Å². The molecule has 1 aromatic carbocycles. The first-order valence-electron chi connectivity index (χ1n) is 10.3. The number of ether oxygens (including phenoxy) is 1. The van der Waals surface area contributed by atoms with Crippen LogP contribution < -0.4 is 5.73 Å². The van der Waals surface area contributed by atoms with Gasteiger partial charge in [-0.1, -0.05) is 0 Å². The number of carbonyl (C=O) groups is 1. The molecule has 4 rings (SSSR count). The summed E-state index contributed by atoms with van der Waals surface area (Å²) in [7, 11) is -3.40. The molecule has 3 atom stereocenters. The van der Waals surface area contributed by atoms with E-state index in [1.165, 1.54) is 0 Å². The van der Waals surface area contributed by atoms with Crippen molar-refractivity contribution in [3.8, 4) is 0 Å². The SMILES string of the molecule is CS(=O)(=O)n1cc2c(n1)CN(C1CCO[C@H](c3cc(F)ccc3F)[C@@H](N)C1)C2.O=C(O)C(F)(F)F. The maximum absolute atomic E-state index is 14.2. The molecule has 2 aromatic rings. The van der Waals surface area contributed by atoms with Gasteiger partial charge in [-0.2, -0.15) is 22.4 Å². The van der Waals surface area contributed by atoms with Crippen LogP contribution in [0.25, 0.3) is 0 Å². The van der Waals surface area contributed by atoms with Crippen LogP contribution in [-0.2, 0) is 32.6 Å². The molecule has 3 heterocycles. The smallest absolute Gasteiger partial charge is 0.475 e. The van der Waals surface area contributed by atoms with Gasteiger partial charge < -0.3 is 15.6 Å². The standard InChI is InChI=1S/C18H22F2N4O3S.C2HF3O2/c1-28(25,26)24-9-11-8-23(10-17(11)22-24)13-4-5-27-18(16(21)7-13)14-6-12(19)2-3-15(14)20;3-2(4,5)1(6)7/h2-3,6,9,13,16,18H,4-5,7-8,10,21H2,1H3;(H,6,7)/t13?,16-,18+;/m0./s1. The number of aliphatic carboxylic acids is 1. The van der Waals surface area contributed by atoms with E-state index in [0.29, 0.717) is 32.5 Å². The highest BCUT2D eigenvalue weighted by Crippen LogP contribution is 2.33. The van der Waals surface area contributed by atoms with E-state index in [9.17, 15) is 30.4 Å². The number of halogens is 5. The van der Waals surface area contributed by atoms with Crippen molar-refractivity contribution < 1.29 is 45.0 Å². The van der Waals surface area contributed by atoms with Crippen LogP contribution in [0.3, 0.4) is 0 Å². The Morgan fingerprint density at radius 3 is 2.49 bits per heavy atom. The number of hydrogen-bond donors (Lipinski definition) is 2. The molecule has 9 nitrogen and oxygen atoms in total. The molecule has 0 amide bonds. The van der Waals surface area contributed by atoms with Gasteiger partial charge in [0.25, 0.3) is 10.0 Å². The number of rotatable bonds is 3. The predicted octanol–water partition coefficient (Wildman–Crippen LogP) is 2.17. The number of fused-ring (bicyclic) bond motifs is 1. The average molecular weight is 526 g/mol. The Balaban J connectivity index is 0.000000429. The molecule has 0 radical (unpaired) electrons. The van der Waals surface area contributed by atoms with Gasteiger partial charge in [0.2, 0.25) is 0 Å². The quantitative estimate of drug-likeness (QED) is 0.583. The fourth-order valence-electron chi connectivity index (χ4n) is 3.98. The van der Waals surface area contributed by atoms with Gasteiger partial charge in [0.1, 0.15) is 17.7 Å². The summed E-state index contributed by atoms with van der Waals surface area (Å²) in [5.74, 6) is -3.82. The second-order valence-corrected chi connectivity index (χ2v) is 10.1. The van der Waals surface area contributed by atoms with Crippen LogP contribution in [0.1, 0.15) is 35.8 Å². The molecule has 1 aromatic heterocycles. The van der Waals surface area contributed by atoms with Crippen molar-refractivity contribution in [1.82, 2.24) is 14.1 Å². The fraction of sp³-hybridized carbons (Fsp3) is 0.500. The van der Waals surface area contributed by atoms with Gasteiger partial charge in [-0.25, -0.2) is 22.0 Å². The summed E-state index contributed by atoms with van der Waals surface area (Å²) in [6.07, 6.45) is -1.89. The Bertz CT molecular complexity index is 1160. The highest BCUT2D eigenvalue weighted by molar-refractivity contribution is 7.89. The summed E-state index contributed by atoms with van der Waals surface area (Å²) in [6.45, 7) is 1.46. The van der Waals surface area contributed by atoms with Crippen molar-refractivity contribution >= 4 is 16.0 Å². The van der Waals surface area contributed by atoms with Gasteiger partial charge in [-0.3, -0.25) is 4.90 Å². The summed E-state index contributed by atoms with van der Waals surface area (Å²) in [4.78, 5) is 11.1. The average Bonchev–Trinajstić information content (AvgIpc) is 3.25. The van der Waals surface area contributed by atoms with E-state index >= 15 is 0 Å². The first-order valence-corrected chi connectivity index (χ1v) is 12.2. The Labute approximate surface area is 197 Å². The molecule has 2 aliphatic rings. The van der Waals surface area contributed by atoms with Crippen LogP contribution in [0.2, 0.25) is 0 Å². The maximum atomic E-state index is 14.2. The Hall–Kier alpha value is -2.62. The molecule has 194 valence electrons. The number of aromatic nitrogens is 2. The van der Waals surface area contributed by atoms with Crippen LogP contribution in [0.15, 0.2) is 24.4 Å². The van der Waals surface area contributed by atoms with Crippen molar-refractivity contribution in [2.45, 2.75) is 50.3 Å². The van der Waals surface area contributed by atoms with E-state index in [2.05, 4.69) is 10.00 Å². The van der Waals surface area contributed by atoms with Crippen LogP contribution >= 0.6 is 0 Å². The highest BCUT2D eigenvalue weighted by atomic mass is 32.2. The molecule has 1 unspecified atom stereocenters. The topological polar surface area (TPSA) is 128 Å². The summed E-state index contributed by atoms with van der Waals surface area (Å²) in [6, 6.07) is 2.88. The molecule has 0 saturated carbocycles. The van der Waals surface area contributed by atoms with Crippen LogP contribution in [0, 0.1) is 11.6 Å². The third-order valence-corrected chi connectivity index (χ3v) is 6.49. The number of alkyl halides is 3. The monoisotopic (exact) mass is 526 g/mol. The van der Waals surface area contributed by atoms with Crippen LogP contribution in [0.5, 0.6) is 0 Å². The largest absolute Gasteiger partial charge is 0.490 e. The van der Waals surface area contributed by atoms with Gasteiger partial charge in [-0.05, 0) is 31.0 Å². The lowest BCUT2D eigenvalue weighted by atomic mass is 9.96. The Kier molecular flexibility index (Phi) is 7.83. The lowest BCUT2D eigenvalue weighted by molar-refractivity contribution is -0.192. The molecule has 2 aliphatic heterocycles. The third kappa shape index (κ3) is 6.54. The number of nitrogens with zero attached hydrogens (tertiary/aromatic N) is 3. The molecule has 0 aliphatic carbocycles. The van der Waals surface area contributed by atoms with Gasteiger partial charge in [0.05, 0.1) is 11.9 Å². The number of nitrogens with two attached hydrogens (primary N) is 1. The van der Waals surface area contributed by atoms with E-state index in [4.69, 9.17) is 20.4 Å². The second kappa shape index (κ2) is 10.2. The molecule has 0 spiro atoms. The highest BCUT2D eigenvalue weighted by Gasteiger charge is 2.38. The lowest BCUT2D eigenvalue weighted by Crippen LogP contribution is -2.38. The minimum absolute atomic E-state index is 0.0810. The second-order valence-electron chi connectivity index (χ2n) is 8.24. The zero-order chi connectivity index (χ0) is 26.1. The molecule has 0 bridgehead atoms. The van der Waals surface area contributed by atoms with E-state index in [-0.39, 0.29) is 11.6 Å². The van der Waals surface area contributed by atoms with E-state index in [1.54, 1.807) is 6.20 Å². The maximum Gasteiger partial charge on any atom is 0.490 e. The van der Waals surface area contributed by atoms with Gasteiger partial charge in [0, 0.05) is 49.1 Å². The van der Waals surface area contributed by atoms with Crippen molar-refractivity contribution in [3.63, 3.8) is 0 Å². The van der Waals surface area contributed by atoms with Crippen LogP contribution in [0.4, 0.5) is 22.0 Å². The molecule has 15 heteroatoms. The first kappa shape index (κ1) is 27.0. The third-order valence-electron chi connectivity index (χ3n) is 5.63. The summed E-state index contributed by atoms with van der Waals surface area (Å²) < 4.78 is 89.5. The normalized spacial score (nSPS) is 23.2. The van der Waals surface area contributed by atoms with Crippen molar-refractivity contribution in [2.24, 2.45) is 5.73 Å². The first-order chi connectivity index (χ1) is 16.2. The predicted molar refractivity (Wildman–Crippen MR) is 111 cm³/mol. The molecule has 3 N–H and O–H groups in total. The summed E-state index contributed by atoms with van der Waals surface area (Å²) in [5, 5.41) is 11.3. The van der Waals surface area contributed by atoms with Gasteiger partial charge in [-0.15, -0.1) is 0 Å². The van der Waals surface area contributed by atoms with Gasteiger partial charge in [0.15, 0.2) is 0 Å². The number of carboxylic acids is 1. The van der Waals surface area contributed by atoms with Crippen molar-refractivity contribution in [3.05, 3.63) is 52.9 Å². The zero-order valence-corrected chi connectivity index (χ0v) is 19.2. The van der Waals surface area contributed by atoms with E-state index in [0.717, 1.165) is 39.8 Å². The van der Waals surface area contributed by atoms with Crippen LogP contribution in [-0.4, -0.2) is 64.7 Å². The molecule has 35 heavy (non-hydrogen) atoms. The molecule has 1 fully saturated rings. The minimum atomic E-state index is -5.08. The molecular formula is C20H23F5N4O5S. The van der Waals surface area contributed by atoms with Crippen molar-refractivity contribution in [1.29, 1.82) is 0 Å². The molecule has 1 saturated heterocycles. The Morgan fingerprint density at radius 1 is 1.26 bits per heavy atom. The minimum Gasteiger partial charge on any atom is -0.475 e. The Morgan fingerprint density at radius 2 is 1.91 bits per heavy atom. The fourth-order valence-corrected chi connectivity index (χ4v) is 4.54. The molecular weight excluding hydrogens is 503 g/mol. The van der Waals surface area contributed by atoms with E-state index in [1.807, 2.05) is 0 Å². The summed E-state index contributed by atoms with van der Waals surface area (Å²) in [5.41, 5.74) is 8.06. The van der Waals surface area contributed by atoms with E-state index < -0.39 is 45.9 Å². The number of benzene rings is 1. The number of carboxylic acid groups (broad SMARTS) is 1. The summed E-state index contributed by atoms with van der Waals surface area (Å²) >= 11 is 0. The van der Waals surface area contributed by atoms with Crippen molar-refractivity contribution in [2.75, 3.05) is 12.9 Å². The number of hydrogen-bond acceptors (Lipinski definition) is 7. The lowest BCUT2D eigenvalue weighted by Gasteiger charge is -2.28.